The maximum absolute atomic E-state index is 13.4. The fourth-order valence-corrected chi connectivity index (χ4v) is 1.83. The van der Waals surface area contributed by atoms with E-state index < -0.39 is 64.7 Å². The molecule has 2 aromatic carbocycles. The minimum atomic E-state index is -1.79. The fourth-order valence-electron chi connectivity index (χ4n) is 1.83. The number of hydrogen-bond acceptors (Lipinski definition) is 3. The third kappa shape index (κ3) is 5.00. The van der Waals surface area contributed by atoms with E-state index >= 15 is 0 Å². The Morgan fingerprint density at radius 3 is 2.07 bits per heavy atom. The Balaban J connectivity index is 1.90. The Labute approximate surface area is 148 Å². The monoisotopic (exact) mass is 387 g/mol. The molecule has 0 aromatic heterocycles. The number of halogens is 5. The van der Waals surface area contributed by atoms with Crippen molar-refractivity contribution in [1.82, 2.24) is 5.32 Å². The molecule has 0 atom stereocenters. The van der Waals surface area contributed by atoms with Gasteiger partial charge >= 0.3 is 11.8 Å². The molecule has 0 unspecified atom stereocenters. The van der Waals surface area contributed by atoms with Crippen molar-refractivity contribution in [2.75, 3.05) is 17.2 Å². The number of amides is 3. The van der Waals surface area contributed by atoms with Gasteiger partial charge in [0.15, 0.2) is 17.5 Å². The molecule has 6 nitrogen and oxygen atoms in total. The Morgan fingerprint density at radius 2 is 1.41 bits per heavy atom. The predicted octanol–water partition coefficient (Wildman–Crippen LogP) is 2.08. The maximum atomic E-state index is 13.4. The summed E-state index contributed by atoms with van der Waals surface area (Å²) in [6, 6.07) is 3.56. The van der Waals surface area contributed by atoms with Crippen molar-refractivity contribution in [2.45, 2.75) is 0 Å². The molecule has 27 heavy (non-hydrogen) atoms. The van der Waals surface area contributed by atoms with Crippen molar-refractivity contribution in [1.29, 1.82) is 0 Å². The van der Waals surface area contributed by atoms with Crippen LogP contribution >= 0.6 is 0 Å². The molecule has 0 radical (unpaired) electrons. The number of rotatable bonds is 4. The summed E-state index contributed by atoms with van der Waals surface area (Å²) >= 11 is 0. The van der Waals surface area contributed by atoms with Gasteiger partial charge in [-0.3, -0.25) is 14.4 Å². The van der Waals surface area contributed by atoms with E-state index in [-0.39, 0.29) is 0 Å². The van der Waals surface area contributed by atoms with E-state index in [0.717, 1.165) is 18.2 Å². The number of nitrogens with one attached hydrogen (secondary N) is 3. The average molecular weight is 387 g/mol. The van der Waals surface area contributed by atoms with Crippen molar-refractivity contribution in [3.63, 3.8) is 0 Å². The summed E-state index contributed by atoms with van der Waals surface area (Å²) in [6.07, 6.45) is 0. The van der Waals surface area contributed by atoms with Crippen LogP contribution in [-0.2, 0) is 14.4 Å². The minimum Gasteiger partial charge on any atom is -0.339 e. The first-order valence-electron chi connectivity index (χ1n) is 7.16. The van der Waals surface area contributed by atoms with E-state index in [2.05, 4.69) is 0 Å². The molecule has 2 rings (SSSR count). The lowest BCUT2D eigenvalue weighted by atomic mass is 10.2. The van der Waals surface area contributed by atoms with Crippen molar-refractivity contribution in [3.8, 4) is 0 Å². The molecule has 11 heteroatoms. The average Bonchev–Trinajstić information content (AvgIpc) is 2.62. The van der Waals surface area contributed by atoms with Crippen molar-refractivity contribution in [3.05, 3.63) is 59.4 Å². The molecule has 0 heterocycles. The van der Waals surface area contributed by atoms with Gasteiger partial charge in [-0.1, -0.05) is 0 Å². The Kier molecular flexibility index (Phi) is 6.06. The molecule has 0 aliphatic heterocycles. The molecular formula is C16H10F5N3O3. The second-order valence-electron chi connectivity index (χ2n) is 5.03. The molecule has 0 saturated carbocycles. The highest BCUT2D eigenvalue weighted by atomic mass is 19.2. The summed E-state index contributed by atoms with van der Waals surface area (Å²) in [4.78, 5) is 34.8. The third-order valence-corrected chi connectivity index (χ3v) is 3.10. The summed E-state index contributed by atoms with van der Waals surface area (Å²) in [5.41, 5.74) is -1.14. The fraction of sp³-hybridized carbons (Fsp3) is 0.0625. The number of benzene rings is 2. The van der Waals surface area contributed by atoms with Gasteiger partial charge in [0, 0.05) is 6.07 Å². The van der Waals surface area contributed by atoms with Gasteiger partial charge in [-0.05, 0) is 24.3 Å². The zero-order valence-electron chi connectivity index (χ0n) is 13.2. The van der Waals surface area contributed by atoms with Gasteiger partial charge in [-0.2, -0.15) is 0 Å². The number of carbonyl (C=O) groups is 3. The summed E-state index contributed by atoms with van der Waals surface area (Å²) in [5, 5.41) is 5.58. The normalized spacial score (nSPS) is 10.3. The van der Waals surface area contributed by atoms with E-state index in [1.807, 2.05) is 16.0 Å². The molecule has 142 valence electrons. The highest BCUT2D eigenvalue weighted by molar-refractivity contribution is 6.39. The molecule has 2 aromatic rings. The number of anilines is 2. The lowest BCUT2D eigenvalue weighted by Gasteiger charge is -2.09. The van der Waals surface area contributed by atoms with Crippen LogP contribution in [0.15, 0.2) is 30.3 Å². The Morgan fingerprint density at radius 1 is 0.741 bits per heavy atom. The van der Waals surface area contributed by atoms with Gasteiger partial charge in [0.25, 0.3) is 0 Å². The largest absolute Gasteiger partial charge is 0.339 e. The van der Waals surface area contributed by atoms with Gasteiger partial charge in [0.1, 0.15) is 11.6 Å². The van der Waals surface area contributed by atoms with Crippen LogP contribution in [0.3, 0.4) is 0 Å². The molecule has 3 N–H and O–H groups in total. The van der Waals surface area contributed by atoms with Crippen LogP contribution in [0, 0.1) is 29.1 Å². The summed E-state index contributed by atoms with van der Waals surface area (Å²) in [6.45, 7) is -0.823. The molecule has 0 aliphatic carbocycles. The molecule has 0 spiro atoms. The standard InChI is InChI=1S/C16H10F5N3O3/c17-7-1-3-10(9(19)5-7)24-16(27)15(26)22-6-12(25)23-11-4-2-8(18)13(20)14(11)21/h1-5H,6H2,(H,22,26)(H,23,25)(H,24,27). The molecule has 0 bridgehead atoms. The lowest BCUT2D eigenvalue weighted by Crippen LogP contribution is -2.40. The number of hydrogen-bond donors (Lipinski definition) is 3. The van der Waals surface area contributed by atoms with Gasteiger partial charge in [-0.25, -0.2) is 22.0 Å². The van der Waals surface area contributed by atoms with E-state index in [9.17, 15) is 36.3 Å². The summed E-state index contributed by atoms with van der Waals surface area (Å²) in [5.74, 6) is -10.7. The van der Waals surface area contributed by atoms with Crippen LogP contribution in [0.25, 0.3) is 0 Å². The van der Waals surface area contributed by atoms with Crippen LogP contribution in [0.4, 0.5) is 33.3 Å². The molecule has 0 fully saturated rings. The van der Waals surface area contributed by atoms with Crippen LogP contribution < -0.4 is 16.0 Å². The van der Waals surface area contributed by atoms with E-state index in [0.29, 0.717) is 12.1 Å². The highest BCUT2D eigenvalue weighted by Gasteiger charge is 2.18. The van der Waals surface area contributed by atoms with Crippen LogP contribution in [0.2, 0.25) is 0 Å². The second-order valence-corrected chi connectivity index (χ2v) is 5.03. The summed E-state index contributed by atoms with van der Waals surface area (Å²) in [7, 11) is 0. The first-order chi connectivity index (χ1) is 12.7. The first-order valence-corrected chi connectivity index (χ1v) is 7.16. The van der Waals surface area contributed by atoms with Gasteiger partial charge in [0.05, 0.1) is 17.9 Å². The van der Waals surface area contributed by atoms with Crippen molar-refractivity contribution >= 4 is 29.1 Å². The molecule has 3 amide bonds. The lowest BCUT2D eigenvalue weighted by molar-refractivity contribution is -0.136. The molecule has 0 saturated heterocycles. The smallest absolute Gasteiger partial charge is 0.313 e. The van der Waals surface area contributed by atoms with Gasteiger partial charge < -0.3 is 16.0 Å². The van der Waals surface area contributed by atoms with Crippen molar-refractivity contribution in [2.24, 2.45) is 0 Å². The van der Waals surface area contributed by atoms with E-state index in [1.54, 1.807) is 0 Å². The summed E-state index contributed by atoms with van der Waals surface area (Å²) < 4.78 is 65.4. The van der Waals surface area contributed by atoms with Gasteiger partial charge in [-0.15, -0.1) is 0 Å². The maximum Gasteiger partial charge on any atom is 0.313 e. The Hall–Kier alpha value is -3.50. The van der Waals surface area contributed by atoms with Crippen LogP contribution in [-0.4, -0.2) is 24.3 Å². The molecular weight excluding hydrogens is 377 g/mol. The van der Waals surface area contributed by atoms with E-state index in [4.69, 9.17) is 0 Å². The SMILES string of the molecule is O=C(CNC(=O)C(=O)Nc1ccc(F)cc1F)Nc1ccc(F)c(F)c1F. The van der Waals surface area contributed by atoms with Crippen molar-refractivity contribution < 1.29 is 36.3 Å². The van der Waals surface area contributed by atoms with E-state index in [1.165, 1.54) is 0 Å². The minimum absolute atomic E-state index is 0.468. The number of carbonyl (C=O) groups excluding carboxylic acids is 3. The second kappa shape index (κ2) is 8.25. The topological polar surface area (TPSA) is 87.3 Å². The highest BCUT2D eigenvalue weighted by Crippen LogP contribution is 2.19. The Bertz CT molecular complexity index is 920. The predicted molar refractivity (Wildman–Crippen MR) is 82.9 cm³/mol. The van der Waals surface area contributed by atoms with Crippen LogP contribution in [0.1, 0.15) is 0 Å². The third-order valence-electron chi connectivity index (χ3n) is 3.10. The molecule has 0 aliphatic rings. The first kappa shape index (κ1) is 19.8. The zero-order chi connectivity index (χ0) is 20.1. The zero-order valence-corrected chi connectivity index (χ0v) is 13.2. The van der Waals surface area contributed by atoms with Crippen LogP contribution in [0.5, 0.6) is 0 Å². The van der Waals surface area contributed by atoms with Gasteiger partial charge in [0.2, 0.25) is 5.91 Å². The quantitative estimate of drug-likeness (QED) is 0.427.